The summed E-state index contributed by atoms with van der Waals surface area (Å²) in [5, 5.41) is 0. The fourth-order valence-corrected chi connectivity index (χ4v) is 2.14. The third-order valence-corrected chi connectivity index (χ3v) is 3.17. The number of ether oxygens (including phenoxy) is 1. The molecule has 1 aliphatic rings. The Labute approximate surface area is 108 Å². The number of hydrogen-bond acceptors (Lipinski definition) is 4. The molecule has 1 aliphatic carbocycles. The third kappa shape index (κ3) is 2.75. The zero-order valence-corrected chi connectivity index (χ0v) is 11.0. The summed E-state index contributed by atoms with van der Waals surface area (Å²) in [5.41, 5.74) is 7.98. The average Bonchev–Trinajstić information content (AvgIpc) is 3.12. The second-order valence-electron chi connectivity index (χ2n) is 4.79. The van der Waals surface area contributed by atoms with E-state index < -0.39 is 0 Å². The average molecular weight is 248 g/mol. The molecule has 0 heterocycles. The van der Waals surface area contributed by atoms with Crippen LogP contribution in [0.4, 0.5) is 11.4 Å². The van der Waals surface area contributed by atoms with E-state index in [9.17, 15) is 4.79 Å². The molecule has 2 N–H and O–H groups in total. The Morgan fingerprint density at radius 1 is 1.50 bits per heavy atom. The van der Waals surface area contributed by atoms with E-state index in [-0.39, 0.29) is 5.97 Å². The van der Waals surface area contributed by atoms with Crippen molar-refractivity contribution in [1.82, 2.24) is 0 Å². The molecule has 4 nitrogen and oxygen atoms in total. The Balaban J connectivity index is 2.27. The van der Waals surface area contributed by atoms with Gasteiger partial charge in [-0.1, -0.05) is 6.07 Å². The molecule has 0 unspecified atom stereocenters. The maximum Gasteiger partial charge on any atom is 0.340 e. The predicted molar refractivity (Wildman–Crippen MR) is 72.8 cm³/mol. The summed E-state index contributed by atoms with van der Waals surface area (Å²) in [7, 11) is 1.98. The molecule has 1 aromatic carbocycles. The van der Waals surface area contributed by atoms with E-state index in [0.29, 0.717) is 17.9 Å². The maximum absolute atomic E-state index is 11.9. The highest BCUT2D eigenvalue weighted by Crippen LogP contribution is 2.34. The Kier molecular flexibility index (Phi) is 3.75. The van der Waals surface area contributed by atoms with Gasteiger partial charge in [-0.15, -0.1) is 0 Å². The van der Waals surface area contributed by atoms with Crippen molar-refractivity contribution in [3.05, 3.63) is 23.8 Å². The predicted octanol–water partition coefficient (Wildman–Crippen LogP) is 2.29. The van der Waals surface area contributed by atoms with Gasteiger partial charge in [0.2, 0.25) is 0 Å². The number of carbonyl (C=O) groups excluding carboxylic acids is 1. The van der Waals surface area contributed by atoms with E-state index >= 15 is 0 Å². The Morgan fingerprint density at radius 3 is 2.83 bits per heavy atom. The molecule has 0 bridgehead atoms. The molecule has 0 saturated heterocycles. The molecule has 2 rings (SSSR count). The van der Waals surface area contributed by atoms with Gasteiger partial charge in [-0.25, -0.2) is 4.79 Å². The number of rotatable bonds is 5. The molecule has 0 amide bonds. The number of para-hydroxylation sites is 1. The van der Waals surface area contributed by atoms with Crippen molar-refractivity contribution in [2.75, 3.05) is 30.8 Å². The monoisotopic (exact) mass is 248 g/mol. The summed E-state index contributed by atoms with van der Waals surface area (Å²) in [6.45, 7) is 3.12. The number of esters is 1. The molecular formula is C14H20N2O2. The van der Waals surface area contributed by atoms with Crippen LogP contribution in [-0.4, -0.2) is 26.2 Å². The lowest BCUT2D eigenvalue weighted by Crippen LogP contribution is -2.24. The second-order valence-corrected chi connectivity index (χ2v) is 4.79. The first-order chi connectivity index (χ1) is 8.63. The topological polar surface area (TPSA) is 55.6 Å². The van der Waals surface area contributed by atoms with Crippen LogP contribution in [0.2, 0.25) is 0 Å². The van der Waals surface area contributed by atoms with Gasteiger partial charge >= 0.3 is 5.97 Å². The Hall–Kier alpha value is -1.71. The summed E-state index contributed by atoms with van der Waals surface area (Å²) >= 11 is 0. The molecule has 0 aromatic heterocycles. The van der Waals surface area contributed by atoms with Crippen molar-refractivity contribution in [3.63, 3.8) is 0 Å². The normalized spacial score (nSPS) is 14.3. The minimum Gasteiger partial charge on any atom is -0.462 e. The molecule has 0 atom stereocenters. The molecular weight excluding hydrogens is 228 g/mol. The zero-order valence-electron chi connectivity index (χ0n) is 11.0. The van der Waals surface area contributed by atoms with Gasteiger partial charge in [0.1, 0.15) is 0 Å². The summed E-state index contributed by atoms with van der Waals surface area (Å²) < 4.78 is 5.07. The van der Waals surface area contributed by atoms with Crippen LogP contribution in [0.3, 0.4) is 0 Å². The number of anilines is 2. The molecule has 4 heteroatoms. The van der Waals surface area contributed by atoms with Crippen molar-refractivity contribution in [2.45, 2.75) is 19.8 Å². The van der Waals surface area contributed by atoms with E-state index in [2.05, 4.69) is 4.90 Å². The Bertz CT molecular complexity index is 441. The number of carbonyl (C=O) groups is 1. The largest absolute Gasteiger partial charge is 0.462 e. The molecule has 0 spiro atoms. The van der Waals surface area contributed by atoms with Gasteiger partial charge in [0.05, 0.1) is 23.5 Å². The van der Waals surface area contributed by atoms with Crippen molar-refractivity contribution in [2.24, 2.45) is 5.92 Å². The summed E-state index contributed by atoms with van der Waals surface area (Å²) in [4.78, 5) is 14.0. The van der Waals surface area contributed by atoms with Crippen LogP contribution >= 0.6 is 0 Å². The van der Waals surface area contributed by atoms with Crippen LogP contribution in [0.1, 0.15) is 30.1 Å². The van der Waals surface area contributed by atoms with Gasteiger partial charge in [0.15, 0.2) is 0 Å². The fourth-order valence-electron chi connectivity index (χ4n) is 2.14. The minimum atomic E-state index is -0.303. The first kappa shape index (κ1) is 12.7. The van der Waals surface area contributed by atoms with Gasteiger partial charge in [0, 0.05) is 13.6 Å². The number of hydrogen-bond donors (Lipinski definition) is 1. The van der Waals surface area contributed by atoms with Crippen LogP contribution in [-0.2, 0) is 4.74 Å². The van der Waals surface area contributed by atoms with Gasteiger partial charge in [-0.3, -0.25) is 0 Å². The lowest BCUT2D eigenvalue weighted by atomic mass is 10.1. The van der Waals surface area contributed by atoms with Crippen LogP contribution in [0.25, 0.3) is 0 Å². The van der Waals surface area contributed by atoms with E-state index in [1.54, 1.807) is 19.1 Å². The van der Waals surface area contributed by atoms with Gasteiger partial charge in [0.25, 0.3) is 0 Å². The van der Waals surface area contributed by atoms with Crippen LogP contribution in [0, 0.1) is 5.92 Å². The number of nitrogen functional groups attached to an aromatic ring is 1. The van der Waals surface area contributed by atoms with Crippen molar-refractivity contribution >= 4 is 17.3 Å². The third-order valence-electron chi connectivity index (χ3n) is 3.17. The smallest absolute Gasteiger partial charge is 0.340 e. The second kappa shape index (κ2) is 5.29. The molecule has 1 aromatic rings. The summed E-state index contributed by atoms with van der Waals surface area (Å²) in [5.74, 6) is 0.437. The lowest BCUT2D eigenvalue weighted by Gasteiger charge is -2.23. The van der Waals surface area contributed by atoms with Crippen LogP contribution in [0.15, 0.2) is 18.2 Å². The molecule has 98 valence electrons. The van der Waals surface area contributed by atoms with Gasteiger partial charge < -0.3 is 15.4 Å². The number of benzene rings is 1. The Morgan fingerprint density at radius 2 is 2.22 bits per heavy atom. The highest BCUT2D eigenvalue weighted by Gasteiger charge is 2.25. The highest BCUT2D eigenvalue weighted by molar-refractivity contribution is 5.99. The SMILES string of the molecule is CCOC(=O)c1cccc(N)c1N(C)CC1CC1. The lowest BCUT2D eigenvalue weighted by molar-refractivity contribution is 0.0527. The van der Waals surface area contributed by atoms with E-state index in [1.807, 2.05) is 13.1 Å². The van der Waals surface area contributed by atoms with Crippen LogP contribution < -0.4 is 10.6 Å². The molecule has 1 saturated carbocycles. The minimum absolute atomic E-state index is 0.303. The number of nitrogens with two attached hydrogens (primary N) is 1. The van der Waals surface area contributed by atoms with E-state index in [4.69, 9.17) is 10.5 Å². The fraction of sp³-hybridized carbons (Fsp3) is 0.500. The summed E-state index contributed by atoms with van der Waals surface area (Å²) in [6, 6.07) is 5.38. The van der Waals surface area contributed by atoms with Gasteiger partial charge in [-0.2, -0.15) is 0 Å². The van der Waals surface area contributed by atoms with E-state index in [0.717, 1.165) is 18.2 Å². The quantitative estimate of drug-likeness (QED) is 0.641. The zero-order chi connectivity index (χ0) is 13.1. The summed E-state index contributed by atoms with van der Waals surface area (Å²) in [6.07, 6.45) is 2.54. The van der Waals surface area contributed by atoms with Gasteiger partial charge in [-0.05, 0) is 37.8 Å². The van der Waals surface area contributed by atoms with Crippen LogP contribution in [0.5, 0.6) is 0 Å². The van der Waals surface area contributed by atoms with Crippen molar-refractivity contribution in [1.29, 1.82) is 0 Å². The highest BCUT2D eigenvalue weighted by atomic mass is 16.5. The molecule has 0 aliphatic heterocycles. The molecule has 1 fully saturated rings. The molecule has 0 radical (unpaired) electrons. The molecule has 18 heavy (non-hydrogen) atoms. The first-order valence-corrected chi connectivity index (χ1v) is 6.40. The van der Waals surface area contributed by atoms with E-state index in [1.165, 1.54) is 12.8 Å². The van der Waals surface area contributed by atoms with Crippen molar-refractivity contribution < 1.29 is 9.53 Å². The van der Waals surface area contributed by atoms with Crippen molar-refractivity contribution in [3.8, 4) is 0 Å². The maximum atomic E-state index is 11.9. The standard InChI is InChI=1S/C14H20N2O2/c1-3-18-14(17)11-5-4-6-12(15)13(11)16(2)9-10-7-8-10/h4-6,10H,3,7-9,15H2,1-2H3. The first-order valence-electron chi connectivity index (χ1n) is 6.40. The number of nitrogens with zero attached hydrogens (tertiary/aromatic N) is 1.